The van der Waals surface area contributed by atoms with E-state index in [1.54, 1.807) is 13.8 Å². The number of carboxylic acid groups (broad SMARTS) is 1. The van der Waals surface area contributed by atoms with Crippen molar-refractivity contribution >= 4 is 11.9 Å². The van der Waals surface area contributed by atoms with E-state index in [2.05, 4.69) is 4.74 Å². The molecule has 0 heterocycles. The Bertz CT molecular complexity index is 173. The summed E-state index contributed by atoms with van der Waals surface area (Å²) in [6, 6.07) is 0. The summed E-state index contributed by atoms with van der Waals surface area (Å²) in [5.74, 6) is -1.38. The summed E-state index contributed by atoms with van der Waals surface area (Å²) in [5, 5.41) is 25.0. The van der Waals surface area contributed by atoms with Gasteiger partial charge in [0, 0.05) is 25.6 Å². The maximum absolute atomic E-state index is 10.5. The molecule has 0 bridgehead atoms. The number of carboxylic acids is 1. The summed E-state index contributed by atoms with van der Waals surface area (Å²) in [6.07, 6.45) is 1.30. The SMILES string of the molecule is CCO.CCO.COC(=O)CCCCC(=O)[O-].N. The number of unbranched alkanes of at least 4 members (excludes halogenated alkanes) is 1. The largest absolute Gasteiger partial charge is 0.550 e. The summed E-state index contributed by atoms with van der Waals surface area (Å²) in [4.78, 5) is 20.4. The predicted octanol–water partition coefficient (Wildman–Crippen LogP) is -0.371. The maximum atomic E-state index is 10.5. The molecule has 0 radical (unpaired) electrons. The van der Waals surface area contributed by atoms with Gasteiger partial charge in [0.25, 0.3) is 0 Å². The number of rotatable bonds is 5. The Morgan fingerprint density at radius 1 is 1.06 bits per heavy atom. The number of carbonyl (C=O) groups is 2. The van der Waals surface area contributed by atoms with Crippen LogP contribution in [0.3, 0.4) is 0 Å². The molecule has 0 aromatic rings. The number of methoxy groups -OCH3 is 1. The van der Waals surface area contributed by atoms with Gasteiger partial charge in [0.2, 0.25) is 0 Å². The van der Waals surface area contributed by atoms with Crippen molar-refractivity contribution < 1.29 is 29.6 Å². The first-order valence-corrected chi connectivity index (χ1v) is 5.48. The first-order chi connectivity index (χ1) is 7.99. The molecule has 0 unspecified atom stereocenters. The molecule has 18 heavy (non-hydrogen) atoms. The Morgan fingerprint density at radius 3 is 1.67 bits per heavy atom. The van der Waals surface area contributed by atoms with E-state index in [0.29, 0.717) is 12.8 Å². The van der Waals surface area contributed by atoms with Crippen molar-refractivity contribution in [1.82, 2.24) is 6.15 Å². The summed E-state index contributed by atoms with van der Waals surface area (Å²) < 4.78 is 4.36. The van der Waals surface area contributed by atoms with Gasteiger partial charge < -0.3 is 31.0 Å². The zero-order valence-electron chi connectivity index (χ0n) is 11.5. The summed E-state index contributed by atoms with van der Waals surface area (Å²) in [6.45, 7) is 3.86. The Hall–Kier alpha value is -1.18. The van der Waals surface area contributed by atoms with Crippen LogP contribution in [0, 0.1) is 0 Å². The second kappa shape index (κ2) is 24.9. The topological polar surface area (TPSA) is 142 Å². The highest BCUT2D eigenvalue weighted by Crippen LogP contribution is 1.99. The Balaban J connectivity index is -0.000000119. The molecule has 0 fully saturated rings. The average Bonchev–Trinajstić information content (AvgIpc) is 2.26. The molecule has 0 spiro atoms. The first kappa shape index (κ1) is 25.6. The number of esters is 1. The number of carbonyl (C=O) groups excluding carboxylic acids is 2. The number of aliphatic carboxylic acids is 1. The van der Waals surface area contributed by atoms with Crippen molar-refractivity contribution in [2.45, 2.75) is 39.5 Å². The normalized spacial score (nSPS) is 7.61. The molecule has 0 saturated heterocycles. The third kappa shape index (κ3) is 46.3. The minimum absolute atomic E-state index is 0. The van der Waals surface area contributed by atoms with Crippen LogP contribution in [0.25, 0.3) is 0 Å². The van der Waals surface area contributed by atoms with Gasteiger partial charge in [0.15, 0.2) is 0 Å². The van der Waals surface area contributed by atoms with E-state index in [0.717, 1.165) is 0 Å². The number of hydrogen-bond donors (Lipinski definition) is 3. The van der Waals surface area contributed by atoms with Gasteiger partial charge in [-0.05, 0) is 33.1 Å². The zero-order chi connectivity index (χ0) is 14.1. The number of ether oxygens (including phenoxy) is 1. The van der Waals surface area contributed by atoms with E-state index >= 15 is 0 Å². The fourth-order valence-corrected chi connectivity index (χ4v) is 0.641. The van der Waals surface area contributed by atoms with E-state index < -0.39 is 5.97 Å². The molecule has 0 aromatic carbocycles. The summed E-state index contributed by atoms with van der Waals surface area (Å²) >= 11 is 0. The zero-order valence-corrected chi connectivity index (χ0v) is 11.5. The highest BCUT2D eigenvalue weighted by atomic mass is 16.5. The van der Waals surface area contributed by atoms with Crippen LogP contribution in [0.1, 0.15) is 39.5 Å². The van der Waals surface area contributed by atoms with Crippen molar-refractivity contribution in [2.75, 3.05) is 20.3 Å². The molecular weight excluding hydrogens is 242 g/mol. The van der Waals surface area contributed by atoms with Crippen LogP contribution < -0.4 is 11.3 Å². The second-order valence-electron chi connectivity index (χ2n) is 2.79. The molecule has 5 N–H and O–H groups in total. The van der Waals surface area contributed by atoms with Gasteiger partial charge in [-0.3, -0.25) is 4.79 Å². The minimum atomic E-state index is -1.07. The standard InChI is InChI=1S/C7H12O4.2C2H6O.H3N/c1-11-7(10)5-3-2-4-6(8)9;2*1-2-3;/h2-5H2,1H3,(H,8,9);2*3H,2H2,1H3;1H3/p-1. The maximum Gasteiger partial charge on any atom is 0.305 e. The molecule has 0 atom stereocenters. The van der Waals surface area contributed by atoms with Crippen LogP contribution in [0.4, 0.5) is 0 Å². The van der Waals surface area contributed by atoms with Gasteiger partial charge in [-0.25, -0.2) is 0 Å². The number of hydrogen-bond acceptors (Lipinski definition) is 7. The molecule has 0 aliphatic carbocycles. The fraction of sp³-hybridized carbons (Fsp3) is 0.818. The smallest absolute Gasteiger partial charge is 0.305 e. The van der Waals surface area contributed by atoms with E-state index in [9.17, 15) is 14.7 Å². The van der Waals surface area contributed by atoms with Crippen LogP contribution in [-0.4, -0.2) is 42.5 Å². The quantitative estimate of drug-likeness (QED) is 0.456. The van der Waals surface area contributed by atoms with Gasteiger partial charge in [-0.2, -0.15) is 0 Å². The van der Waals surface area contributed by atoms with E-state index in [-0.39, 0.29) is 38.2 Å². The molecule has 0 aliphatic heterocycles. The highest BCUT2D eigenvalue weighted by molar-refractivity contribution is 5.69. The van der Waals surface area contributed by atoms with Gasteiger partial charge >= 0.3 is 5.97 Å². The molecular formula is C11H26NO6-. The van der Waals surface area contributed by atoms with Gasteiger partial charge in [0.1, 0.15) is 0 Å². The number of aliphatic hydroxyl groups is 2. The third-order valence-electron chi connectivity index (χ3n) is 1.24. The fourth-order valence-electron chi connectivity index (χ4n) is 0.641. The first-order valence-electron chi connectivity index (χ1n) is 5.48. The lowest BCUT2D eigenvalue weighted by Gasteiger charge is -2.00. The van der Waals surface area contributed by atoms with Gasteiger partial charge in [-0.15, -0.1) is 0 Å². The van der Waals surface area contributed by atoms with E-state index in [1.807, 2.05) is 0 Å². The van der Waals surface area contributed by atoms with Crippen LogP contribution in [0.15, 0.2) is 0 Å². The molecule has 0 aromatic heterocycles. The Morgan fingerprint density at radius 2 is 1.39 bits per heavy atom. The van der Waals surface area contributed by atoms with Crippen molar-refractivity contribution in [1.29, 1.82) is 0 Å². The predicted molar refractivity (Wildman–Crippen MR) is 66.0 cm³/mol. The Kier molecular flexibility index (Phi) is 35.4. The van der Waals surface area contributed by atoms with E-state index in [4.69, 9.17) is 10.2 Å². The van der Waals surface area contributed by atoms with Crippen molar-refractivity contribution in [3.05, 3.63) is 0 Å². The second-order valence-corrected chi connectivity index (χ2v) is 2.79. The molecule has 7 nitrogen and oxygen atoms in total. The van der Waals surface area contributed by atoms with Crippen LogP contribution in [0.2, 0.25) is 0 Å². The van der Waals surface area contributed by atoms with Gasteiger partial charge in [0.05, 0.1) is 7.11 Å². The third-order valence-corrected chi connectivity index (χ3v) is 1.24. The lowest BCUT2D eigenvalue weighted by molar-refractivity contribution is -0.305. The highest BCUT2D eigenvalue weighted by Gasteiger charge is 1.98. The molecule has 7 heteroatoms. The lowest BCUT2D eigenvalue weighted by Crippen LogP contribution is -2.21. The molecule has 0 saturated carbocycles. The lowest BCUT2D eigenvalue weighted by atomic mass is 10.2. The van der Waals surface area contributed by atoms with E-state index in [1.165, 1.54) is 7.11 Å². The Labute approximate surface area is 108 Å². The number of aliphatic hydroxyl groups excluding tert-OH is 2. The monoisotopic (exact) mass is 268 g/mol. The summed E-state index contributed by atoms with van der Waals surface area (Å²) in [7, 11) is 1.31. The summed E-state index contributed by atoms with van der Waals surface area (Å²) in [5.41, 5.74) is 0. The molecule has 0 rings (SSSR count). The average molecular weight is 268 g/mol. The molecule has 112 valence electrons. The minimum Gasteiger partial charge on any atom is -0.550 e. The molecule has 0 aliphatic rings. The van der Waals surface area contributed by atoms with Crippen molar-refractivity contribution in [3.8, 4) is 0 Å². The van der Waals surface area contributed by atoms with Crippen LogP contribution in [-0.2, 0) is 14.3 Å². The molecule has 0 amide bonds. The van der Waals surface area contributed by atoms with Crippen LogP contribution >= 0.6 is 0 Å². The van der Waals surface area contributed by atoms with Crippen LogP contribution in [0.5, 0.6) is 0 Å². The van der Waals surface area contributed by atoms with Gasteiger partial charge in [-0.1, -0.05) is 0 Å². The van der Waals surface area contributed by atoms with Crippen molar-refractivity contribution in [2.24, 2.45) is 0 Å². The van der Waals surface area contributed by atoms with Crippen molar-refractivity contribution in [3.63, 3.8) is 0 Å².